The normalized spacial score (nSPS) is 14.7. The van der Waals surface area contributed by atoms with Gasteiger partial charge in [-0.2, -0.15) is 0 Å². The van der Waals surface area contributed by atoms with Crippen LogP contribution in [0.1, 0.15) is 27.7 Å². The van der Waals surface area contributed by atoms with Crippen molar-refractivity contribution in [2.45, 2.75) is 32.9 Å². The van der Waals surface area contributed by atoms with E-state index in [1.54, 1.807) is 11.8 Å². The van der Waals surface area contributed by atoms with E-state index >= 15 is 0 Å². The zero-order chi connectivity index (χ0) is 11.8. The Morgan fingerprint density at radius 1 is 1.33 bits per heavy atom. The number of nitrogens with zero attached hydrogens (tertiary/aromatic N) is 1. The molecule has 0 aliphatic rings. The van der Waals surface area contributed by atoms with Gasteiger partial charge >= 0.3 is 0 Å². The van der Waals surface area contributed by atoms with Crippen LogP contribution in [0.3, 0.4) is 0 Å². The molecule has 4 heteroatoms. The van der Waals surface area contributed by atoms with E-state index in [0.29, 0.717) is 12.5 Å². The van der Waals surface area contributed by atoms with E-state index in [1.165, 1.54) is 0 Å². The van der Waals surface area contributed by atoms with E-state index in [-0.39, 0.29) is 11.2 Å². The Balaban J connectivity index is 3.97. The molecule has 0 spiro atoms. The first-order chi connectivity index (χ1) is 7.06. The van der Waals surface area contributed by atoms with E-state index in [4.69, 9.17) is 5.73 Å². The van der Waals surface area contributed by atoms with E-state index in [2.05, 4.69) is 6.92 Å². The van der Waals surface area contributed by atoms with Crippen LogP contribution in [0.15, 0.2) is 0 Å². The molecule has 0 saturated carbocycles. The predicted octanol–water partition coefficient (Wildman–Crippen LogP) is 1.57. The zero-order valence-corrected chi connectivity index (χ0v) is 11.1. The lowest BCUT2D eigenvalue weighted by Gasteiger charge is -2.23. The lowest BCUT2D eigenvalue weighted by molar-refractivity contribution is -0.129. The molecule has 3 nitrogen and oxygen atoms in total. The SMILES string of the molecule is CCN(CC)C(=O)C(C)SCC(C)CN. The number of thioether (sulfide) groups is 1. The standard InChI is InChI=1S/C11H24N2OS/c1-5-13(6-2)11(14)10(4)15-8-9(3)7-12/h9-10H,5-8,12H2,1-4H3. The van der Waals surface area contributed by atoms with Crippen LogP contribution in [0.25, 0.3) is 0 Å². The van der Waals surface area contributed by atoms with Gasteiger partial charge in [0, 0.05) is 13.1 Å². The van der Waals surface area contributed by atoms with E-state index in [0.717, 1.165) is 18.8 Å². The molecule has 2 atom stereocenters. The summed E-state index contributed by atoms with van der Waals surface area (Å²) in [6, 6.07) is 0. The second-order valence-electron chi connectivity index (χ2n) is 3.83. The fourth-order valence-electron chi connectivity index (χ4n) is 1.24. The summed E-state index contributed by atoms with van der Waals surface area (Å²) in [5.74, 6) is 1.70. The maximum Gasteiger partial charge on any atom is 0.235 e. The molecule has 0 aromatic rings. The lowest BCUT2D eigenvalue weighted by Crippen LogP contribution is -2.36. The highest BCUT2D eigenvalue weighted by Crippen LogP contribution is 2.16. The minimum Gasteiger partial charge on any atom is -0.342 e. The van der Waals surface area contributed by atoms with Gasteiger partial charge in [0.05, 0.1) is 5.25 Å². The van der Waals surface area contributed by atoms with Crippen LogP contribution in [-0.4, -0.2) is 41.4 Å². The van der Waals surface area contributed by atoms with E-state index < -0.39 is 0 Å². The van der Waals surface area contributed by atoms with Crippen molar-refractivity contribution in [1.29, 1.82) is 0 Å². The Labute approximate surface area is 97.8 Å². The topological polar surface area (TPSA) is 46.3 Å². The summed E-state index contributed by atoms with van der Waals surface area (Å²) in [4.78, 5) is 13.8. The molecule has 0 aliphatic carbocycles. The number of amides is 1. The minimum atomic E-state index is 0.0545. The van der Waals surface area contributed by atoms with Crippen LogP contribution in [0, 0.1) is 5.92 Å². The van der Waals surface area contributed by atoms with E-state index in [9.17, 15) is 4.79 Å². The summed E-state index contributed by atoms with van der Waals surface area (Å²) in [7, 11) is 0. The molecule has 15 heavy (non-hydrogen) atoms. The molecule has 0 radical (unpaired) electrons. The summed E-state index contributed by atoms with van der Waals surface area (Å²) in [6.07, 6.45) is 0. The lowest BCUT2D eigenvalue weighted by atomic mass is 10.2. The van der Waals surface area contributed by atoms with Gasteiger partial charge in [0.15, 0.2) is 0 Å². The van der Waals surface area contributed by atoms with Crippen molar-refractivity contribution in [3.63, 3.8) is 0 Å². The van der Waals surface area contributed by atoms with Crippen LogP contribution < -0.4 is 5.73 Å². The summed E-state index contributed by atoms with van der Waals surface area (Å²) in [5.41, 5.74) is 5.54. The Morgan fingerprint density at radius 3 is 2.27 bits per heavy atom. The van der Waals surface area contributed by atoms with Gasteiger partial charge in [-0.25, -0.2) is 0 Å². The van der Waals surface area contributed by atoms with Gasteiger partial charge in [-0.15, -0.1) is 11.8 Å². The van der Waals surface area contributed by atoms with Crippen LogP contribution in [0.4, 0.5) is 0 Å². The fraction of sp³-hybridized carbons (Fsp3) is 0.909. The fourth-order valence-corrected chi connectivity index (χ4v) is 2.29. The average molecular weight is 232 g/mol. The van der Waals surface area contributed by atoms with Crippen molar-refractivity contribution < 1.29 is 4.79 Å². The molecule has 2 N–H and O–H groups in total. The highest BCUT2D eigenvalue weighted by molar-refractivity contribution is 8.00. The number of hydrogen-bond donors (Lipinski definition) is 1. The van der Waals surface area contributed by atoms with Crippen LogP contribution in [-0.2, 0) is 4.79 Å². The molecule has 0 bridgehead atoms. The van der Waals surface area contributed by atoms with Gasteiger partial charge in [-0.05, 0) is 39.0 Å². The molecule has 90 valence electrons. The molecule has 0 aromatic heterocycles. The van der Waals surface area contributed by atoms with Gasteiger partial charge in [-0.3, -0.25) is 4.79 Å². The largest absolute Gasteiger partial charge is 0.342 e. The van der Waals surface area contributed by atoms with Crippen LogP contribution >= 0.6 is 11.8 Å². The minimum absolute atomic E-state index is 0.0545. The molecule has 1 amide bonds. The molecule has 2 unspecified atom stereocenters. The zero-order valence-electron chi connectivity index (χ0n) is 10.3. The molecule has 0 rings (SSSR count). The maximum absolute atomic E-state index is 11.9. The molecule has 0 aromatic carbocycles. The second-order valence-corrected chi connectivity index (χ2v) is 5.20. The molecular formula is C11H24N2OS. The third-order valence-electron chi connectivity index (χ3n) is 2.46. The summed E-state index contributed by atoms with van der Waals surface area (Å²) in [5, 5.41) is 0.0545. The first kappa shape index (κ1) is 14.8. The number of carbonyl (C=O) groups is 1. The van der Waals surface area contributed by atoms with Crippen molar-refractivity contribution >= 4 is 17.7 Å². The van der Waals surface area contributed by atoms with Crippen molar-refractivity contribution in [3.8, 4) is 0 Å². The smallest absolute Gasteiger partial charge is 0.235 e. The average Bonchev–Trinajstić information content (AvgIpc) is 2.26. The Morgan fingerprint density at radius 2 is 1.87 bits per heavy atom. The quantitative estimate of drug-likeness (QED) is 0.725. The number of rotatable bonds is 7. The predicted molar refractivity (Wildman–Crippen MR) is 68.1 cm³/mol. The van der Waals surface area contributed by atoms with Crippen molar-refractivity contribution in [3.05, 3.63) is 0 Å². The van der Waals surface area contributed by atoms with Gasteiger partial charge < -0.3 is 10.6 Å². The molecule has 0 fully saturated rings. The van der Waals surface area contributed by atoms with Crippen molar-refractivity contribution in [1.82, 2.24) is 4.90 Å². The van der Waals surface area contributed by atoms with Gasteiger partial charge in [0.1, 0.15) is 0 Å². The van der Waals surface area contributed by atoms with E-state index in [1.807, 2.05) is 25.7 Å². The van der Waals surface area contributed by atoms with Gasteiger partial charge in [0.25, 0.3) is 0 Å². The monoisotopic (exact) mass is 232 g/mol. The second kappa shape index (κ2) is 7.99. The number of carbonyl (C=O) groups excluding carboxylic acids is 1. The highest BCUT2D eigenvalue weighted by Gasteiger charge is 2.18. The first-order valence-electron chi connectivity index (χ1n) is 5.67. The van der Waals surface area contributed by atoms with Gasteiger partial charge in [-0.1, -0.05) is 6.92 Å². The first-order valence-corrected chi connectivity index (χ1v) is 6.72. The Hall–Kier alpha value is -0.220. The maximum atomic E-state index is 11.9. The highest BCUT2D eigenvalue weighted by atomic mass is 32.2. The molecular weight excluding hydrogens is 208 g/mol. The Kier molecular flexibility index (Phi) is 7.88. The van der Waals surface area contributed by atoms with Crippen LogP contribution in [0.2, 0.25) is 0 Å². The summed E-state index contributed by atoms with van der Waals surface area (Å²) < 4.78 is 0. The number of hydrogen-bond acceptors (Lipinski definition) is 3. The molecule has 0 aliphatic heterocycles. The van der Waals surface area contributed by atoms with Crippen molar-refractivity contribution in [2.75, 3.05) is 25.4 Å². The van der Waals surface area contributed by atoms with Gasteiger partial charge in [0.2, 0.25) is 5.91 Å². The Bertz CT molecular complexity index is 183. The summed E-state index contributed by atoms with van der Waals surface area (Å²) >= 11 is 1.71. The third-order valence-corrected chi connectivity index (χ3v) is 3.92. The molecule has 0 heterocycles. The van der Waals surface area contributed by atoms with Crippen molar-refractivity contribution in [2.24, 2.45) is 11.7 Å². The summed E-state index contributed by atoms with van der Waals surface area (Å²) in [6.45, 7) is 10.4. The van der Waals surface area contributed by atoms with Crippen LogP contribution in [0.5, 0.6) is 0 Å². The number of nitrogens with two attached hydrogens (primary N) is 1. The molecule has 0 saturated heterocycles. The third kappa shape index (κ3) is 5.42.